The number of aryl methyl sites for hydroxylation is 1. The summed E-state index contributed by atoms with van der Waals surface area (Å²) in [5, 5.41) is 0. The van der Waals surface area contributed by atoms with E-state index in [9.17, 15) is 9.59 Å². The zero-order chi connectivity index (χ0) is 31.2. The molecule has 2 fully saturated rings. The van der Waals surface area contributed by atoms with Crippen LogP contribution in [0.5, 0.6) is 11.6 Å². The summed E-state index contributed by atoms with van der Waals surface area (Å²) in [7, 11) is 3.66. The summed E-state index contributed by atoms with van der Waals surface area (Å²) in [5.41, 5.74) is 3.23. The van der Waals surface area contributed by atoms with E-state index in [2.05, 4.69) is 21.9 Å². The Morgan fingerprint density at radius 2 is 1.73 bits per heavy atom. The molecular formula is C35H46N6O4. The van der Waals surface area contributed by atoms with Gasteiger partial charge in [-0.05, 0) is 62.6 Å². The van der Waals surface area contributed by atoms with Crippen molar-refractivity contribution in [2.45, 2.75) is 64.0 Å². The lowest BCUT2D eigenvalue weighted by molar-refractivity contribution is -0.132. The molecule has 3 aromatic heterocycles. The molecule has 45 heavy (non-hydrogen) atoms. The molecule has 1 saturated heterocycles. The van der Waals surface area contributed by atoms with E-state index in [1.807, 2.05) is 63.5 Å². The van der Waals surface area contributed by atoms with Gasteiger partial charge in [-0.1, -0.05) is 31.4 Å². The largest absolute Gasteiger partial charge is 0.495 e. The highest BCUT2D eigenvalue weighted by Gasteiger charge is 2.22. The Morgan fingerprint density at radius 1 is 0.933 bits per heavy atom. The van der Waals surface area contributed by atoms with Crippen LogP contribution < -0.4 is 19.9 Å². The zero-order valence-electron chi connectivity index (χ0n) is 26.7. The number of methoxy groups -OCH3 is 1. The highest BCUT2D eigenvalue weighted by molar-refractivity contribution is 5.76. The van der Waals surface area contributed by atoms with Crippen LogP contribution in [0.4, 0.5) is 5.69 Å². The van der Waals surface area contributed by atoms with Crippen molar-refractivity contribution in [3.05, 3.63) is 65.1 Å². The molecule has 0 spiro atoms. The van der Waals surface area contributed by atoms with Crippen molar-refractivity contribution >= 4 is 28.3 Å². The number of aromatic nitrogens is 3. The summed E-state index contributed by atoms with van der Waals surface area (Å²) in [4.78, 5) is 37.8. The third-order valence-electron chi connectivity index (χ3n) is 9.52. The van der Waals surface area contributed by atoms with Crippen molar-refractivity contribution in [2.24, 2.45) is 0 Å². The molecule has 0 N–H and O–H groups in total. The molecule has 1 aliphatic carbocycles. The first-order valence-electron chi connectivity index (χ1n) is 16.5. The summed E-state index contributed by atoms with van der Waals surface area (Å²) in [6.07, 6.45) is 9.78. The van der Waals surface area contributed by atoms with Crippen LogP contribution in [0.15, 0.2) is 59.5 Å². The molecule has 1 amide bonds. The van der Waals surface area contributed by atoms with E-state index in [0.29, 0.717) is 49.1 Å². The lowest BCUT2D eigenvalue weighted by Crippen LogP contribution is -2.47. The molecule has 4 heterocycles. The van der Waals surface area contributed by atoms with Gasteiger partial charge in [-0.2, -0.15) is 4.98 Å². The molecule has 1 aliphatic heterocycles. The second kappa shape index (κ2) is 14.4. The second-order valence-electron chi connectivity index (χ2n) is 12.3. The third-order valence-corrected chi connectivity index (χ3v) is 9.52. The van der Waals surface area contributed by atoms with Gasteiger partial charge in [0.15, 0.2) is 5.65 Å². The first kappa shape index (κ1) is 31.0. The third kappa shape index (κ3) is 6.96. The van der Waals surface area contributed by atoms with Crippen LogP contribution in [0, 0.1) is 0 Å². The summed E-state index contributed by atoms with van der Waals surface area (Å²) >= 11 is 0. The van der Waals surface area contributed by atoms with Crippen molar-refractivity contribution in [2.75, 3.05) is 58.4 Å². The van der Waals surface area contributed by atoms with Crippen LogP contribution in [0.2, 0.25) is 0 Å². The van der Waals surface area contributed by atoms with Gasteiger partial charge in [-0.3, -0.25) is 18.9 Å². The molecule has 1 saturated carbocycles. The fourth-order valence-corrected chi connectivity index (χ4v) is 6.91. The molecule has 6 rings (SSSR count). The van der Waals surface area contributed by atoms with E-state index < -0.39 is 0 Å². The van der Waals surface area contributed by atoms with Crippen LogP contribution >= 0.6 is 0 Å². The van der Waals surface area contributed by atoms with Gasteiger partial charge in [0.2, 0.25) is 11.8 Å². The first-order valence-corrected chi connectivity index (χ1v) is 16.5. The van der Waals surface area contributed by atoms with Crippen molar-refractivity contribution in [3.63, 3.8) is 0 Å². The van der Waals surface area contributed by atoms with E-state index in [4.69, 9.17) is 14.5 Å². The topological polar surface area (TPSA) is 84.5 Å². The highest BCUT2D eigenvalue weighted by atomic mass is 16.5. The Balaban J connectivity index is 1.05. The minimum atomic E-state index is -0.00967. The van der Waals surface area contributed by atoms with Crippen LogP contribution in [0.25, 0.3) is 16.7 Å². The number of anilines is 1. The molecule has 2 aliphatic rings. The lowest BCUT2D eigenvalue weighted by Gasteiger charge is -2.36. The molecule has 0 atom stereocenters. The normalized spacial score (nSPS) is 16.4. The molecule has 1 aromatic carbocycles. The molecule has 4 aromatic rings. The Labute approximate surface area is 265 Å². The standard InChI is InChI=1S/C35H46N6O4/c1-37(27-11-4-3-5-12-27)33(42)16-9-26-45-32-18-17-29-34(36-32)40-20-8-14-30(40)35(43)41(29)21-10-19-38-22-24-39(25-23-38)28-13-6-7-15-31(28)44-2/h6-8,13-15,17-18,20,27H,3-5,9-12,16,19,21-26H2,1-2H3. The fraction of sp³-hybridized carbons (Fsp3) is 0.514. The van der Waals surface area contributed by atoms with Gasteiger partial charge in [-0.25, -0.2) is 0 Å². The van der Waals surface area contributed by atoms with Crippen molar-refractivity contribution in [1.82, 2.24) is 23.8 Å². The minimum absolute atomic E-state index is 0.00967. The van der Waals surface area contributed by atoms with E-state index in [-0.39, 0.29) is 11.5 Å². The number of amides is 1. The van der Waals surface area contributed by atoms with Crippen LogP contribution in [-0.2, 0) is 11.3 Å². The Morgan fingerprint density at radius 3 is 2.53 bits per heavy atom. The number of carbonyl (C=O) groups excluding carboxylic acids is 1. The molecule has 240 valence electrons. The molecule has 10 heteroatoms. The summed E-state index contributed by atoms with van der Waals surface area (Å²) in [6.45, 7) is 5.77. The number of hydrogen-bond acceptors (Lipinski definition) is 7. The zero-order valence-corrected chi connectivity index (χ0v) is 26.7. The van der Waals surface area contributed by atoms with E-state index >= 15 is 0 Å². The number of rotatable bonds is 12. The maximum Gasteiger partial charge on any atom is 0.275 e. The highest BCUT2D eigenvalue weighted by Crippen LogP contribution is 2.28. The number of fused-ring (bicyclic) bond motifs is 3. The van der Waals surface area contributed by atoms with Crippen molar-refractivity contribution < 1.29 is 14.3 Å². The smallest absolute Gasteiger partial charge is 0.275 e. The summed E-state index contributed by atoms with van der Waals surface area (Å²) in [6, 6.07) is 16.1. The van der Waals surface area contributed by atoms with Gasteiger partial charge in [0, 0.05) is 64.5 Å². The Kier molecular flexibility index (Phi) is 9.88. The SMILES string of the molecule is COc1ccccc1N1CCN(CCCn2c(=O)c3cccn3c3nc(OCCCC(=O)N(C)C4CCCCC4)ccc32)CC1. The monoisotopic (exact) mass is 614 g/mol. The van der Waals surface area contributed by atoms with Gasteiger partial charge >= 0.3 is 0 Å². The molecular weight excluding hydrogens is 568 g/mol. The lowest BCUT2D eigenvalue weighted by atomic mass is 9.94. The van der Waals surface area contributed by atoms with Crippen LogP contribution in [-0.4, -0.2) is 89.2 Å². The molecule has 0 bridgehead atoms. The molecule has 0 radical (unpaired) electrons. The van der Waals surface area contributed by atoms with Crippen molar-refractivity contribution in [3.8, 4) is 11.6 Å². The van der Waals surface area contributed by atoms with Gasteiger partial charge in [0.25, 0.3) is 5.56 Å². The Hall–Kier alpha value is -4.05. The number of carbonyl (C=O) groups is 1. The average molecular weight is 615 g/mol. The van der Waals surface area contributed by atoms with Crippen molar-refractivity contribution in [1.29, 1.82) is 0 Å². The first-order chi connectivity index (χ1) is 22.0. The van der Waals surface area contributed by atoms with Gasteiger partial charge in [0.05, 0.1) is 24.9 Å². The number of pyridine rings is 1. The predicted octanol–water partition coefficient (Wildman–Crippen LogP) is 4.82. The summed E-state index contributed by atoms with van der Waals surface area (Å²) in [5.74, 6) is 1.60. The number of benzene rings is 1. The maximum absolute atomic E-state index is 13.5. The second-order valence-corrected chi connectivity index (χ2v) is 12.3. The summed E-state index contributed by atoms with van der Waals surface area (Å²) < 4.78 is 15.3. The predicted molar refractivity (Wildman–Crippen MR) is 178 cm³/mol. The molecule has 0 unspecified atom stereocenters. The van der Waals surface area contributed by atoms with Gasteiger partial charge < -0.3 is 23.8 Å². The maximum atomic E-state index is 13.5. The minimum Gasteiger partial charge on any atom is -0.495 e. The van der Waals surface area contributed by atoms with E-state index in [1.54, 1.807) is 7.11 Å². The fourth-order valence-electron chi connectivity index (χ4n) is 6.91. The van der Waals surface area contributed by atoms with E-state index in [1.165, 1.54) is 19.3 Å². The van der Waals surface area contributed by atoms with Gasteiger partial charge in [-0.15, -0.1) is 0 Å². The number of nitrogens with zero attached hydrogens (tertiary/aromatic N) is 6. The van der Waals surface area contributed by atoms with E-state index in [0.717, 1.165) is 68.9 Å². The van der Waals surface area contributed by atoms with Gasteiger partial charge in [0.1, 0.15) is 11.3 Å². The number of para-hydroxylation sites is 2. The number of piperazine rings is 1. The quantitative estimate of drug-likeness (QED) is 0.212. The Bertz CT molecular complexity index is 1650. The number of hydrogen-bond donors (Lipinski definition) is 0. The average Bonchev–Trinajstić information content (AvgIpc) is 3.59. The molecule has 10 nitrogen and oxygen atoms in total. The van der Waals surface area contributed by atoms with Crippen LogP contribution in [0.3, 0.4) is 0 Å². The van der Waals surface area contributed by atoms with Crippen LogP contribution in [0.1, 0.15) is 51.4 Å². The number of ether oxygens (including phenoxy) is 2.